The zero-order valence-corrected chi connectivity index (χ0v) is 18.4. The second-order valence-electron chi connectivity index (χ2n) is 4.53. The van der Waals surface area contributed by atoms with Gasteiger partial charge in [0.1, 0.15) is 24.7 Å². The van der Waals surface area contributed by atoms with E-state index in [0.29, 0.717) is 31.6 Å². The monoisotopic (exact) mass is 492 g/mol. The Morgan fingerprint density at radius 2 is 0.897 bits per heavy atom. The van der Waals surface area contributed by atoms with Crippen molar-refractivity contribution in [2.24, 2.45) is 0 Å². The van der Waals surface area contributed by atoms with Gasteiger partial charge in [0, 0.05) is 20.1 Å². The predicted octanol–water partition coefficient (Wildman–Crippen LogP) is 2.17. The van der Waals surface area contributed by atoms with Gasteiger partial charge in [-0.05, 0) is 36.4 Å². The Morgan fingerprint density at radius 3 is 1.10 bits per heavy atom. The Bertz CT molecular complexity index is 688. The lowest BCUT2D eigenvalue weighted by Gasteiger charge is -2.06. The van der Waals surface area contributed by atoms with Crippen molar-refractivity contribution in [2.75, 3.05) is 13.2 Å². The number of rotatable bonds is 6. The molecule has 0 radical (unpaired) electrons. The maximum atomic E-state index is 10.0. The maximum Gasteiger partial charge on any atom is 0.128 e. The molecule has 0 aromatic heterocycles. The zero-order chi connectivity index (χ0) is 19.7. The van der Waals surface area contributed by atoms with Crippen LogP contribution in [-0.4, -0.2) is 30.6 Å². The molecular weight excluding hydrogens is 474 g/mol. The van der Waals surface area contributed by atoms with E-state index in [2.05, 4.69) is 0 Å². The van der Waals surface area contributed by atoms with Crippen LogP contribution < -0.4 is 32.0 Å². The molecular formula is C16H20Cl4N2O7. The van der Waals surface area contributed by atoms with Gasteiger partial charge in [0.05, 0.1) is 11.9 Å². The minimum absolute atomic E-state index is 0. The van der Waals surface area contributed by atoms with Crippen molar-refractivity contribution in [3.05, 3.63) is 56.5 Å². The molecule has 0 amide bonds. The second kappa shape index (κ2) is 15.9. The van der Waals surface area contributed by atoms with Gasteiger partial charge in [0.15, 0.2) is 0 Å². The first-order chi connectivity index (χ1) is 12.2. The summed E-state index contributed by atoms with van der Waals surface area (Å²) in [5, 5.41) is 21.6. The molecule has 0 bridgehead atoms. The number of carboxylic acids is 2. The molecule has 10 N–H and O–H groups in total. The summed E-state index contributed by atoms with van der Waals surface area (Å²) < 4.78 is 9.60. The molecule has 0 heterocycles. The summed E-state index contributed by atoms with van der Waals surface area (Å²) in [6.07, 6.45) is 0. The summed E-state index contributed by atoms with van der Waals surface area (Å²) in [5.41, 5.74) is 0. The number of halogens is 4. The van der Waals surface area contributed by atoms with Gasteiger partial charge in [-0.25, -0.2) is 0 Å². The molecule has 0 saturated heterocycles. The fourth-order valence-electron chi connectivity index (χ4n) is 1.51. The number of quaternary nitrogens is 2. The minimum Gasteiger partial charge on any atom is -0.546 e. The number of carbonyl (C=O) groups excluding carboxylic acids is 2. The number of ether oxygens (including phenoxy) is 2. The molecule has 0 saturated carbocycles. The van der Waals surface area contributed by atoms with Crippen LogP contribution in [-0.2, 0) is 9.59 Å². The van der Waals surface area contributed by atoms with Crippen molar-refractivity contribution in [1.82, 2.24) is 12.3 Å². The van der Waals surface area contributed by atoms with E-state index in [1.54, 1.807) is 0 Å². The first-order valence-corrected chi connectivity index (χ1v) is 8.24. The molecule has 2 aromatic carbocycles. The SMILES string of the molecule is O.O=C([O-])COc1cc(Cl)cc(Cl)c1.O=C([O-])COc1cc(Cl)cc(Cl)c1.[NH4+].[NH4+]. The molecule has 0 aliphatic carbocycles. The van der Waals surface area contributed by atoms with Gasteiger partial charge in [-0.3, -0.25) is 0 Å². The van der Waals surface area contributed by atoms with Crippen molar-refractivity contribution in [1.29, 1.82) is 0 Å². The number of hydrogen-bond acceptors (Lipinski definition) is 6. The van der Waals surface area contributed by atoms with Crippen LogP contribution in [0.25, 0.3) is 0 Å². The van der Waals surface area contributed by atoms with Gasteiger partial charge in [0.2, 0.25) is 0 Å². The van der Waals surface area contributed by atoms with Gasteiger partial charge >= 0.3 is 0 Å². The fraction of sp³-hybridized carbons (Fsp3) is 0.125. The van der Waals surface area contributed by atoms with Crippen molar-refractivity contribution >= 4 is 58.3 Å². The van der Waals surface area contributed by atoms with E-state index in [-0.39, 0.29) is 17.8 Å². The third kappa shape index (κ3) is 14.6. The highest BCUT2D eigenvalue weighted by molar-refractivity contribution is 6.35. The van der Waals surface area contributed by atoms with Crippen molar-refractivity contribution in [3.8, 4) is 11.5 Å². The number of carboxylic acid groups (broad SMARTS) is 2. The molecule has 2 aromatic rings. The van der Waals surface area contributed by atoms with Crippen LogP contribution in [0.4, 0.5) is 0 Å². The minimum atomic E-state index is -1.30. The van der Waals surface area contributed by atoms with E-state index in [9.17, 15) is 19.8 Å². The molecule has 2 rings (SSSR count). The lowest BCUT2D eigenvalue weighted by molar-refractivity contribution is -0.308. The molecule has 0 atom stereocenters. The lowest BCUT2D eigenvalue weighted by atomic mass is 10.3. The Hall–Kier alpha value is -1.98. The van der Waals surface area contributed by atoms with E-state index in [1.165, 1.54) is 36.4 Å². The Balaban J connectivity index is -0.000000422. The summed E-state index contributed by atoms with van der Waals surface area (Å²) in [6, 6.07) is 8.92. The number of benzene rings is 2. The normalized spacial score (nSPS) is 8.69. The molecule has 0 aliphatic rings. The first kappa shape index (κ1) is 31.7. The summed E-state index contributed by atoms with van der Waals surface area (Å²) >= 11 is 22.6. The lowest BCUT2D eigenvalue weighted by Crippen LogP contribution is -2.28. The number of hydrogen-bond donors (Lipinski definition) is 2. The summed E-state index contributed by atoms with van der Waals surface area (Å²) in [4.78, 5) is 20.1. The summed E-state index contributed by atoms with van der Waals surface area (Å²) in [6.45, 7) is -1.03. The van der Waals surface area contributed by atoms with Crippen molar-refractivity contribution in [2.45, 2.75) is 0 Å². The highest BCUT2D eigenvalue weighted by Gasteiger charge is 1.99. The topological polar surface area (TPSA) is 203 Å². The van der Waals surface area contributed by atoms with Gasteiger partial charge in [0.25, 0.3) is 0 Å². The van der Waals surface area contributed by atoms with E-state index in [1.807, 2.05) is 0 Å². The quantitative estimate of drug-likeness (QED) is 0.615. The highest BCUT2D eigenvalue weighted by Crippen LogP contribution is 2.24. The molecule has 13 heteroatoms. The molecule has 0 aliphatic heterocycles. The van der Waals surface area contributed by atoms with E-state index in [4.69, 9.17) is 55.9 Å². The molecule has 0 spiro atoms. The van der Waals surface area contributed by atoms with Crippen LogP contribution in [0.1, 0.15) is 0 Å². The second-order valence-corrected chi connectivity index (χ2v) is 6.28. The molecule has 29 heavy (non-hydrogen) atoms. The summed E-state index contributed by atoms with van der Waals surface area (Å²) in [5.74, 6) is -1.98. The van der Waals surface area contributed by atoms with Gasteiger partial charge < -0.3 is 47.1 Å². The Morgan fingerprint density at radius 1 is 0.655 bits per heavy atom. The highest BCUT2D eigenvalue weighted by atomic mass is 35.5. The predicted molar refractivity (Wildman–Crippen MR) is 110 cm³/mol. The van der Waals surface area contributed by atoms with Crippen LogP contribution in [0.3, 0.4) is 0 Å². The molecule has 0 fully saturated rings. The van der Waals surface area contributed by atoms with Crippen molar-refractivity contribution in [3.63, 3.8) is 0 Å². The zero-order valence-electron chi connectivity index (χ0n) is 15.3. The standard InChI is InChI=1S/2C8H6Cl2O3.2H3N.H2O/c2*9-5-1-6(10)3-7(2-5)13-4-8(11)12;;;/h2*1-3H,4H2,(H,11,12);2*1H3;1H2. The van der Waals surface area contributed by atoms with Crippen LogP contribution in [0.5, 0.6) is 11.5 Å². The number of carbonyl (C=O) groups is 2. The van der Waals surface area contributed by atoms with Crippen molar-refractivity contribution < 1.29 is 34.8 Å². The molecule has 0 unspecified atom stereocenters. The van der Waals surface area contributed by atoms with Gasteiger partial charge in [-0.1, -0.05) is 46.4 Å². The van der Waals surface area contributed by atoms with Crippen LogP contribution in [0.2, 0.25) is 20.1 Å². The van der Waals surface area contributed by atoms with Crippen LogP contribution in [0, 0.1) is 0 Å². The molecule has 9 nitrogen and oxygen atoms in total. The largest absolute Gasteiger partial charge is 0.546 e. The average molecular weight is 494 g/mol. The molecule has 164 valence electrons. The first-order valence-electron chi connectivity index (χ1n) is 6.73. The van der Waals surface area contributed by atoms with E-state index >= 15 is 0 Å². The van der Waals surface area contributed by atoms with E-state index < -0.39 is 25.2 Å². The third-order valence-corrected chi connectivity index (χ3v) is 3.26. The smallest absolute Gasteiger partial charge is 0.128 e. The van der Waals surface area contributed by atoms with E-state index in [0.717, 1.165) is 0 Å². The number of aliphatic carboxylic acids is 2. The third-order valence-electron chi connectivity index (χ3n) is 2.39. The summed E-state index contributed by atoms with van der Waals surface area (Å²) in [7, 11) is 0. The van der Waals surface area contributed by atoms with Crippen LogP contribution in [0.15, 0.2) is 36.4 Å². The Kier molecular flexibility index (Phi) is 17.4. The van der Waals surface area contributed by atoms with Gasteiger partial charge in [-0.15, -0.1) is 0 Å². The maximum absolute atomic E-state index is 10.0. The fourth-order valence-corrected chi connectivity index (χ4v) is 2.52. The average Bonchev–Trinajstić information content (AvgIpc) is 2.50. The Labute approximate surface area is 186 Å². The van der Waals surface area contributed by atoms with Gasteiger partial charge in [-0.2, -0.15) is 0 Å². The van der Waals surface area contributed by atoms with Crippen LogP contribution >= 0.6 is 46.4 Å².